The van der Waals surface area contributed by atoms with Crippen LogP contribution in [0.25, 0.3) is 0 Å². The Morgan fingerprint density at radius 1 is 1.06 bits per heavy atom. The lowest BCUT2D eigenvalue weighted by atomic mass is 9.85. The third-order valence-corrected chi connectivity index (χ3v) is 4.35. The monoisotopic (exact) mass is 254 g/mol. The number of carbonyl (C=O) groups excluding carboxylic acids is 1. The van der Waals surface area contributed by atoms with Crippen molar-refractivity contribution < 1.29 is 9.53 Å². The summed E-state index contributed by atoms with van der Waals surface area (Å²) in [7, 11) is 0. The van der Waals surface area contributed by atoms with Crippen LogP contribution in [0.2, 0.25) is 0 Å². The quantitative estimate of drug-likeness (QED) is 0.830. The highest BCUT2D eigenvalue weighted by molar-refractivity contribution is 5.77. The molecule has 4 heteroatoms. The number of carbonyl (C=O) groups is 1. The van der Waals surface area contributed by atoms with Crippen LogP contribution in [0.4, 0.5) is 0 Å². The molecule has 1 heterocycles. The van der Waals surface area contributed by atoms with Crippen molar-refractivity contribution in [2.75, 3.05) is 26.2 Å². The predicted octanol–water partition coefficient (Wildman–Crippen LogP) is 1.68. The lowest BCUT2D eigenvalue weighted by Crippen LogP contribution is -2.46. The topological polar surface area (TPSA) is 55.6 Å². The van der Waals surface area contributed by atoms with E-state index in [1.807, 2.05) is 4.90 Å². The van der Waals surface area contributed by atoms with Crippen LogP contribution in [-0.4, -0.2) is 42.6 Å². The number of nitrogens with zero attached hydrogens (tertiary/aromatic N) is 1. The maximum absolute atomic E-state index is 12.1. The molecule has 0 aromatic carbocycles. The Kier molecular flexibility index (Phi) is 5.01. The van der Waals surface area contributed by atoms with Crippen molar-refractivity contribution in [2.45, 2.75) is 57.0 Å². The Hall–Kier alpha value is -0.610. The maximum atomic E-state index is 12.1. The zero-order valence-electron chi connectivity index (χ0n) is 11.3. The molecule has 0 aromatic heterocycles. The van der Waals surface area contributed by atoms with Gasteiger partial charge in [-0.25, -0.2) is 0 Å². The Bertz CT molecular complexity index is 269. The smallest absolute Gasteiger partial charge is 0.248 e. The molecule has 0 spiro atoms. The van der Waals surface area contributed by atoms with E-state index in [2.05, 4.69) is 0 Å². The zero-order chi connectivity index (χ0) is 12.8. The van der Waals surface area contributed by atoms with Gasteiger partial charge in [-0.2, -0.15) is 0 Å². The number of hydrogen-bond donors (Lipinski definition) is 1. The standard InChI is InChI=1S/C14H26N2O2/c15-12-14(7-3-1-4-8-14)18-11-13(17)16-9-5-2-6-10-16/h1-12,15H2. The van der Waals surface area contributed by atoms with Crippen LogP contribution in [0.1, 0.15) is 51.4 Å². The molecule has 1 amide bonds. The van der Waals surface area contributed by atoms with Gasteiger partial charge >= 0.3 is 0 Å². The van der Waals surface area contributed by atoms with Gasteiger partial charge in [-0.05, 0) is 32.1 Å². The summed E-state index contributed by atoms with van der Waals surface area (Å²) >= 11 is 0. The first-order valence-electron chi connectivity index (χ1n) is 7.38. The van der Waals surface area contributed by atoms with Crippen LogP contribution in [-0.2, 0) is 9.53 Å². The molecule has 2 aliphatic rings. The van der Waals surface area contributed by atoms with Gasteiger partial charge in [0.1, 0.15) is 6.61 Å². The van der Waals surface area contributed by atoms with Gasteiger partial charge in [0.05, 0.1) is 5.60 Å². The van der Waals surface area contributed by atoms with E-state index in [0.717, 1.165) is 38.8 Å². The molecule has 2 fully saturated rings. The van der Waals surface area contributed by atoms with Crippen molar-refractivity contribution in [1.82, 2.24) is 4.90 Å². The van der Waals surface area contributed by atoms with Gasteiger partial charge in [0, 0.05) is 19.6 Å². The minimum Gasteiger partial charge on any atom is -0.364 e. The van der Waals surface area contributed by atoms with Crippen molar-refractivity contribution in [2.24, 2.45) is 5.73 Å². The molecule has 2 rings (SSSR count). The molecule has 0 unspecified atom stereocenters. The van der Waals surface area contributed by atoms with E-state index in [4.69, 9.17) is 10.5 Å². The maximum Gasteiger partial charge on any atom is 0.248 e. The Balaban J connectivity index is 1.79. The molecular weight excluding hydrogens is 228 g/mol. The second kappa shape index (κ2) is 6.53. The molecule has 18 heavy (non-hydrogen) atoms. The molecular formula is C14H26N2O2. The van der Waals surface area contributed by atoms with E-state index in [0.29, 0.717) is 6.54 Å². The average molecular weight is 254 g/mol. The molecule has 1 aliphatic carbocycles. The van der Waals surface area contributed by atoms with E-state index >= 15 is 0 Å². The second-order valence-electron chi connectivity index (χ2n) is 5.68. The van der Waals surface area contributed by atoms with Crippen LogP contribution in [0, 0.1) is 0 Å². The normalized spacial score (nSPS) is 23.9. The van der Waals surface area contributed by atoms with Gasteiger partial charge in [0.2, 0.25) is 5.91 Å². The summed E-state index contributed by atoms with van der Waals surface area (Å²) in [5.74, 6) is 0.146. The van der Waals surface area contributed by atoms with Crippen LogP contribution in [0.15, 0.2) is 0 Å². The second-order valence-corrected chi connectivity index (χ2v) is 5.68. The van der Waals surface area contributed by atoms with Gasteiger partial charge in [0.15, 0.2) is 0 Å². The lowest BCUT2D eigenvalue weighted by Gasteiger charge is -2.37. The third kappa shape index (κ3) is 3.45. The minimum atomic E-state index is -0.219. The number of nitrogens with two attached hydrogens (primary N) is 1. The first-order chi connectivity index (χ1) is 8.76. The molecule has 2 N–H and O–H groups in total. The summed E-state index contributed by atoms with van der Waals surface area (Å²) in [5, 5.41) is 0. The highest BCUT2D eigenvalue weighted by atomic mass is 16.5. The van der Waals surface area contributed by atoms with E-state index in [1.165, 1.54) is 25.7 Å². The summed E-state index contributed by atoms with van der Waals surface area (Å²) in [5.41, 5.74) is 5.63. The summed E-state index contributed by atoms with van der Waals surface area (Å²) in [6.07, 6.45) is 9.15. The van der Waals surface area contributed by atoms with Crippen LogP contribution >= 0.6 is 0 Å². The Morgan fingerprint density at radius 2 is 1.67 bits per heavy atom. The molecule has 104 valence electrons. The van der Waals surface area contributed by atoms with Crippen LogP contribution in [0.3, 0.4) is 0 Å². The summed E-state index contributed by atoms with van der Waals surface area (Å²) < 4.78 is 5.92. The molecule has 0 atom stereocenters. The van der Waals surface area contributed by atoms with Crippen molar-refractivity contribution in [3.63, 3.8) is 0 Å². The molecule has 0 radical (unpaired) electrons. The first-order valence-corrected chi connectivity index (χ1v) is 7.38. The number of likely N-dealkylation sites (tertiary alicyclic amines) is 1. The predicted molar refractivity (Wildman–Crippen MR) is 71.3 cm³/mol. The Labute approximate surface area is 110 Å². The van der Waals surface area contributed by atoms with Gasteiger partial charge in [-0.1, -0.05) is 19.3 Å². The van der Waals surface area contributed by atoms with E-state index < -0.39 is 0 Å². The van der Waals surface area contributed by atoms with Gasteiger partial charge in [0.25, 0.3) is 0 Å². The van der Waals surface area contributed by atoms with E-state index in [1.54, 1.807) is 0 Å². The Morgan fingerprint density at radius 3 is 2.28 bits per heavy atom. The summed E-state index contributed by atoms with van der Waals surface area (Å²) in [6.45, 7) is 2.56. The molecule has 0 bridgehead atoms. The minimum absolute atomic E-state index is 0.146. The first kappa shape index (κ1) is 13.8. The summed E-state index contributed by atoms with van der Waals surface area (Å²) in [6, 6.07) is 0. The fourth-order valence-corrected chi connectivity index (χ4v) is 3.05. The lowest BCUT2D eigenvalue weighted by molar-refractivity contribution is -0.146. The van der Waals surface area contributed by atoms with Crippen LogP contribution in [0.5, 0.6) is 0 Å². The van der Waals surface area contributed by atoms with Gasteiger partial charge in [-0.3, -0.25) is 4.79 Å². The zero-order valence-corrected chi connectivity index (χ0v) is 11.3. The molecule has 1 saturated heterocycles. The van der Waals surface area contributed by atoms with Crippen molar-refractivity contribution in [3.05, 3.63) is 0 Å². The number of piperidine rings is 1. The number of ether oxygens (including phenoxy) is 1. The van der Waals surface area contributed by atoms with E-state index in [9.17, 15) is 4.79 Å². The third-order valence-electron chi connectivity index (χ3n) is 4.35. The van der Waals surface area contributed by atoms with Crippen molar-refractivity contribution in [1.29, 1.82) is 0 Å². The van der Waals surface area contributed by atoms with E-state index in [-0.39, 0.29) is 18.1 Å². The molecule has 1 aliphatic heterocycles. The molecule has 1 saturated carbocycles. The summed E-state index contributed by atoms with van der Waals surface area (Å²) in [4.78, 5) is 14.0. The molecule has 4 nitrogen and oxygen atoms in total. The fraction of sp³-hybridized carbons (Fsp3) is 0.929. The highest BCUT2D eigenvalue weighted by Crippen LogP contribution is 2.30. The van der Waals surface area contributed by atoms with Crippen molar-refractivity contribution >= 4 is 5.91 Å². The number of hydrogen-bond acceptors (Lipinski definition) is 3. The van der Waals surface area contributed by atoms with Gasteiger partial charge in [-0.15, -0.1) is 0 Å². The highest BCUT2D eigenvalue weighted by Gasteiger charge is 2.32. The molecule has 0 aromatic rings. The fourth-order valence-electron chi connectivity index (χ4n) is 3.05. The number of rotatable bonds is 4. The average Bonchev–Trinajstić information content (AvgIpc) is 2.47. The largest absolute Gasteiger partial charge is 0.364 e. The van der Waals surface area contributed by atoms with Crippen LogP contribution < -0.4 is 5.73 Å². The van der Waals surface area contributed by atoms with Crippen molar-refractivity contribution in [3.8, 4) is 0 Å². The SMILES string of the molecule is NCC1(OCC(=O)N2CCCCC2)CCCCC1. The number of amides is 1. The van der Waals surface area contributed by atoms with Gasteiger partial charge < -0.3 is 15.4 Å².